The molecule has 3 amide bonds. The number of rotatable bonds is 5. The van der Waals surface area contributed by atoms with Crippen molar-refractivity contribution in [2.24, 2.45) is 5.73 Å². The Morgan fingerprint density at radius 1 is 1.00 bits per heavy atom. The summed E-state index contributed by atoms with van der Waals surface area (Å²) in [4.78, 5) is 28.0. The van der Waals surface area contributed by atoms with E-state index in [2.05, 4.69) is 15.7 Å². The van der Waals surface area contributed by atoms with E-state index in [9.17, 15) is 9.59 Å². The van der Waals surface area contributed by atoms with Gasteiger partial charge in [0.1, 0.15) is 0 Å². The molecule has 4 N–H and O–H groups in total. The number of anilines is 2. The number of carbonyl (C=O) groups is 2. The van der Waals surface area contributed by atoms with E-state index in [4.69, 9.17) is 10.7 Å². The Labute approximate surface area is 173 Å². The molecule has 0 bridgehead atoms. The lowest BCUT2D eigenvalue weighted by Crippen LogP contribution is -2.19. The van der Waals surface area contributed by atoms with E-state index in [0.717, 1.165) is 33.5 Å². The molecular formula is C22H22N6O2. The number of hydrogen-bond acceptors (Lipinski definition) is 4. The van der Waals surface area contributed by atoms with Crippen molar-refractivity contribution < 1.29 is 9.59 Å². The van der Waals surface area contributed by atoms with Crippen molar-refractivity contribution in [1.82, 2.24) is 14.6 Å². The van der Waals surface area contributed by atoms with Crippen LogP contribution in [0.15, 0.2) is 48.5 Å². The first-order valence-corrected chi connectivity index (χ1v) is 9.62. The molecule has 0 aliphatic rings. The van der Waals surface area contributed by atoms with E-state index >= 15 is 0 Å². The van der Waals surface area contributed by atoms with Crippen molar-refractivity contribution >= 4 is 39.9 Å². The Kier molecular flexibility index (Phi) is 5.05. The van der Waals surface area contributed by atoms with E-state index in [1.54, 1.807) is 24.3 Å². The molecule has 0 aliphatic carbocycles. The second-order valence-corrected chi connectivity index (χ2v) is 7.13. The number of carbonyl (C=O) groups excluding carboxylic acids is 2. The van der Waals surface area contributed by atoms with Crippen molar-refractivity contribution in [2.45, 2.75) is 26.7 Å². The third kappa shape index (κ3) is 3.80. The highest BCUT2D eigenvalue weighted by atomic mass is 16.2. The van der Waals surface area contributed by atoms with Gasteiger partial charge in [0.2, 0.25) is 5.91 Å². The third-order valence-corrected chi connectivity index (χ3v) is 5.06. The number of nitrogens with zero attached hydrogens (tertiary/aromatic N) is 3. The highest BCUT2D eigenvalue weighted by molar-refractivity contribution is 5.93. The van der Waals surface area contributed by atoms with Gasteiger partial charge in [-0.1, -0.05) is 12.1 Å². The third-order valence-electron chi connectivity index (χ3n) is 5.06. The molecule has 2 aromatic carbocycles. The first-order chi connectivity index (χ1) is 14.4. The van der Waals surface area contributed by atoms with Crippen molar-refractivity contribution in [3.8, 4) is 0 Å². The summed E-state index contributed by atoms with van der Waals surface area (Å²) in [6, 6.07) is 14.1. The number of hydrogen-bond donors (Lipinski definition) is 3. The van der Waals surface area contributed by atoms with Crippen LogP contribution in [-0.2, 0) is 11.2 Å². The highest BCUT2D eigenvalue weighted by Crippen LogP contribution is 2.23. The quantitative estimate of drug-likeness (QED) is 0.473. The van der Waals surface area contributed by atoms with E-state index in [1.807, 2.05) is 42.6 Å². The van der Waals surface area contributed by atoms with Crippen LogP contribution in [0.3, 0.4) is 0 Å². The van der Waals surface area contributed by atoms with Crippen molar-refractivity contribution in [1.29, 1.82) is 0 Å². The fourth-order valence-electron chi connectivity index (χ4n) is 3.58. The average molecular weight is 402 g/mol. The number of urea groups is 1. The summed E-state index contributed by atoms with van der Waals surface area (Å²) in [5.74, 6) is -0.102. The van der Waals surface area contributed by atoms with Crippen LogP contribution >= 0.6 is 0 Å². The van der Waals surface area contributed by atoms with E-state index < -0.39 is 6.03 Å². The van der Waals surface area contributed by atoms with Gasteiger partial charge in [0.05, 0.1) is 5.52 Å². The lowest BCUT2D eigenvalue weighted by molar-refractivity contribution is -0.116. The summed E-state index contributed by atoms with van der Waals surface area (Å²) < 4.78 is 1.86. The van der Waals surface area contributed by atoms with Gasteiger partial charge in [-0.05, 0) is 62.2 Å². The molecule has 2 aromatic heterocycles. The molecule has 0 aliphatic heterocycles. The zero-order chi connectivity index (χ0) is 21.3. The predicted molar refractivity (Wildman–Crippen MR) is 117 cm³/mol. The van der Waals surface area contributed by atoms with E-state index in [1.165, 1.54) is 0 Å². The number of primary amides is 1. The minimum Gasteiger partial charge on any atom is -0.351 e. The van der Waals surface area contributed by atoms with Crippen LogP contribution in [0.5, 0.6) is 0 Å². The van der Waals surface area contributed by atoms with Crippen molar-refractivity contribution in [3.05, 3.63) is 65.5 Å². The number of aryl methyl sites for hydroxylation is 2. The maximum absolute atomic E-state index is 12.4. The molecule has 8 nitrogen and oxygen atoms in total. The van der Waals surface area contributed by atoms with Gasteiger partial charge in [0.15, 0.2) is 5.65 Å². The lowest BCUT2D eigenvalue weighted by Gasteiger charge is -2.11. The summed E-state index contributed by atoms with van der Waals surface area (Å²) >= 11 is 0. The summed E-state index contributed by atoms with van der Waals surface area (Å²) in [7, 11) is 0. The number of benzene rings is 2. The standard InChI is InChI=1S/C22H22N6O2/c1-13-17(14(2)28-21(24-13)18-5-3-4-6-19(18)27-28)11-12-20(29)25-15-7-9-16(10-8-15)26-22(23)30/h3-10H,11-12H2,1-2H3,(H,25,29)(H3,23,26,30). The van der Waals surface area contributed by atoms with E-state index in [-0.39, 0.29) is 5.91 Å². The Bertz CT molecular complexity index is 1260. The zero-order valence-corrected chi connectivity index (χ0v) is 16.8. The molecule has 0 fully saturated rings. The van der Waals surface area contributed by atoms with Crippen LogP contribution in [0.1, 0.15) is 23.4 Å². The molecule has 30 heavy (non-hydrogen) atoms. The van der Waals surface area contributed by atoms with Gasteiger partial charge in [-0.25, -0.2) is 14.3 Å². The Morgan fingerprint density at radius 3 is 2.37 bits per heavy atom. The fourth-order valence-corrected chi connectivity index (χ4v) is 3.58. The summed E-state index contributed by atoms with van der Waals surface area (Å²) in [6.45, 7) is 3.97. The zero-order valence-electron chi connectivity index (χ0n) is 16.8. The minimum atomic E-state index is -0.631. The number of nitrogens with one attached hydrogen (secondary N) is 2. The molecule has 0 atom stereocenters. The summed E-state index contributed by atoms with van der Waals surface area (Å²) in [6.07, 6.45) is 0.876. The Morgan fingerprint density at radius 2 is 1.67 bits per heavy atom. The first kappa shape index (κ1) is 19.4. The molecule has 2 heterocycles. The van der Waals surface area contributed by atoms with Crippen LogP contribution in [0.2, 0.25) is 0 Å². The van der Waals surface area contributed by atoms with Gasteiger partial charge in [-0.2, -0.15) is 5.10 Å². The van der Waals surface area contributed by atoms with Crippen LogP contribution < -0.4 is 16.4 Å². The Balaban J connectivity index is 1.48. The van der Waals surface area contributed by atoms with Gasteiger partial charge >= 0.3 is 6.03 Å². The SMILES string of the molecule is Cc1nc2c3ccccc3nn2c(C)c1CCC(=O)Nc1ccc(NC(N)=O)cc1. The molecule has 0 saturated carbocycles. The van der Waals surface area contributed by atoms with Gasteiger partial charge in [-0.3, -0.25) is 4.79 Å². The molecular weight excluding hydrogens is 380 g/mol. The molecule has 0 radical (unpaired) electrons. The second kappa shape index (κ2) is 7.82. The number of amides is 3. The van der Waals surface area contributed by atoms with Gasteiger partial charge < -0.3 is 16.4 Å². The number of aromatic nitrogens is 3. The normalized spacial score (nSPS) is 11.0. The van der Waals surface area contributed by atoms with Gasteiger partial charge in [0, 0.05) is 34.6 Å². The largest absolute Gasteiger partial charge is 0.351 e. The summed E-state index contributed by atoms with van der Waals surface area (Å²) in [5, 5.41) is 11.0. The Hall–Kier alpha value is -3.94. The number of nitrogens with two attached hydrogens (primary N) is 1. The van der Waals surface area contributed by atoms with Crippen LogP contribution in [0, 0.1) is 13.8 Å². The fraction of sp³-hybridized carbons (Fsp3) is 0.182. The molecule has 0 spiro atoms. The topological polar surface area (TPSA) is 114 Å². The lowest BCUT2D eigenvalue weighted by atomic mass is 10.1. The molecule has 4 rings (SSSR count). The predicted octanol–water partition coefficient (Wildman–Crippen LogP) is 3.56. The molecule has 0 saturated heterocycles. The minimum absolute atomic E-state index is 0.102. The second-order valence-electron chi connectivity index (χ2n) is 7.13. The summed E-state index contributed by atoms with van der Waals surface area (Å²) in [5.41, 5.74) is 10.9. The maximum atomic E-state index is 12.4. The average Bonchev–Trinajstić information content (AvgIpc) is 3.08. The van der Waals surface area contributed by atoms with Gasteiger partial charge in [-0.15, -0.1) is 0 Å². The van der Waals surface area contributed by atoms with Crippen molar-refractivity contribution in [3.63, 3.8) is 0 Å². The van der Waals surface area contributed by atoms with Crippen molar-refractivity contribution in [2.75, 3.05) is 10.6 Å². The van der Waals surface area contributed by atoms with Crippen LogP contribution in [-0.4, -0.2) is 26.5 Å². The van der Waals surface area contributed by atoms with Gasteiger partial charge in [0.25, 0.3) is 0 Å². The number of fused-ring (bicyclic) bond motifs is 3. The van der Waals surface area contributed by atoms with Crippen LogP contribution in [0.4, 0.5) is 16.2 Å². The van der Waals surface area contributed by atoms with Crippen LogP contribution in [0.25, 0.3) is 16.6 Å². The monoisotopic (exact) mass is 402 g/mol. The van der Waals surface area contributed by atoms with E-state index in [0.29, 0.717) is 24.2 Å². The first-order valence-electron chi connectivity index (χ1n) is 9.62. The highest BCUT2D eigenvalue weighted by Gasteiger charge is 2.15. The molecule has 152 valence electrons. The smallest absolute Gasteiger partial charge is 0.316 e. The molecule has 8 heteroatoms. The molecule has 0 unspecified atom stereocenters. The maximum Gasteiger partial charge on any atom is 0.316 e. The molecule has 4 aromatic rings.